The molecule has 0 aliphatic carbocycles. The van der Waals surface area contributed by atoms with Crippen molar-refractivity contribution < 1.29 is 4.79 Å². The van der Waals surface area contributed by atoms with Crippen LogP contribution in [-0.4, -0.2) is 20.7 Å². The number of nitrogens with two attached hydrogens (primary N) is 2. The Morgan fingerprint density at radius 1 is 1.44 bits per heavy atom. The zero-order valence-corrected chi connectivity index (χ0v) is 10.3. The molecule has 18 heavy (non-hydrogen) atoms. The zero-order valence-electron chi connectivity index (χ0n) is 10.3. The van der Waals surface area contributed by atoms with Gasteiger partial charge in [0.05, 0.1) is 23.1 Å². The van der Waals surface area contributed by atoms with Crippen LogP contribution in [0.4, 0.5) is 5.69 Å². The molecule has 2 heterocycles. The largest absolute Gasteiger partial charge is 0.397 e. The van der Waals surface area contributed by atoms with E-state index in [-0.39, 0.29) is 11.3 Å². The third-order valence-electron chi connectivity index (χ3n) is 2.62. The average Bonchev–Trinajstić information content (AvgIpc) is 2.78. The van der Waals surface area contributed by atoms with Crippen LogP contribution in [0, 0.1) is 0 Å². The number of carbonyl (C=O) groups excluding carboxylic acids is 1. The number of aromatic nitrogens is 3. The molecule has 0 unspecified atom stereocenters. The molecular weight excluding hydrogens is 230 g/mol. The van der Waals surface area contributed by atoms with E-state index in [0.717, 1.165) is 5.69 Å². The Morgan fingerprint density at radius 3 is 2.72 bits per heavy atom. The van der Waals surface area contributed by atoms with Crippen molar-refractivity contribution in [3.8, 4) is 5.82 Å². The molecule has 0 aliphatic rings. The Hall–Kier alpha value is -2.37. The Morgan fingerprint density at radius 2 is 2.17 bits per heavy atom. The molecule has 1 amide bonds. The predicted octanol–water partition coefficient (Wildman–Crippen LogP) is 1.07. The van der Waals surface area contributed by atoms with Gasteiger partial charge in [-0.25, -0.2) is 9.67 Å². The monoisotopic (exact) mass is 245 g/mol. The van der Waals surface area contributed by atoms with Crippen LogP contribution in [-0.2, 0) is 0 Å². The minimum atomic E-state index is -0.576. The maximum Gasteiger partial charge on any atom is 0.250 e. The summed E-state index contributed by atoms with van der Waals surface area (Å²) in [5.74, 6) is 0.271. The number of primary amides is 1. The van der Waals surface area contributed by atoms with Crippen molar-refractivity contribution in [2.45, 2.75) is 19.8 Å². The van der Waals surface area contributed by atoms with Crippen molar-refractivity contribution >= 4 is 11.6 Å². The smallest absolute Gasteiger partial charge is 0.250 e. The highest BCUT2D eigenvalue weighted by Crippen LogP contribution is 2.16. The van der Waals surface area contributed by atoms with E-state index in [1.165, 1.54) is 12.3 Å². The lowest BCUT2D eigenvalue weighted by molar-refractivity contribution is 0.100. The number of hydrogen-bond acceptors (Lipinski definition) is 4. The van der Waals surface area contributed by atoms with E-state index in [4.69, 9.17) is 11.5 Å². The highest BCUT2D eigenvalue weighted by Gasteiger charge is 2.10. The van der Waals surface area contributed by atoms with E-state index in [9.17, 15) is 4.79 Å². The topological polar surface area (TPSA) is 99.8 Å². The molecule has 0 saturated heterocycles. The van der Waals surface area contributed by atoms with Gasteiger partial charge in [-0.3, -0.25) is 4.79 Å². The molecule has 0 aliphatic heterocycles. The molecule has 0 aromatic carbocycles. The molecule has 0 saturated carbocycles. The third kappa shape index (κ3) is 2.17. The number of rotatable bonds is 3. The van der Waals surface area contributed by atoms with Crippen LogP contribution in [0.5, 0.6) is 0 Å². The first-order valence-corrected chi connectivity index (χ1v) is 5.60. The van der Waals surface area contributed by atoms with Crippen molar-refractivity contribution in [2.75, 3.05) is 5.73 Å². The second-order valence-electron chi connectivity index (χ2n) is 4.33. The van der Waals surface area contributed by atoms with Crippen LogP contribution in [0.25, 0.3) is 5.82 Å². The van der Waals surface area contributed by atoms with E-state index in [1.807, 2.05) is 6.07 Å². The summed E-state index contributed by atoms with van der Waals surface area (Å²) in [5.41, 5.74) is 12.3. The first kappa shape index (κ1) is 12.1. The molecule has 2 rings (SSSR count). The highest BCUT2D eigenvalue weighted by molar-refractivity contribution is 5.98. The molecular formula is C12H15N5O. The molecule has 0 bridgehead atoms. The van der Waals surface area contributed by atoms with Gasteiger partial charge in [-0.05, 0) is 18.1 Å². The molecule has 4 N–H and O–H groups in total. The number of anilines is 1. The lowest BCUT2D eigenvalue weighted by atomic mass is 10.1. The van der Waals surface area contributed by atoms with Gasteiger partial charge in [-0.15, -0.1) is 0 Å². The number of hydrogen-bond donors (Lipinski definition) is 2. The first-order chi connectivity index (χ1) is 8.49. The van der Waals surface area contributed by atoms with Crippen molar-refractivity contribution in [1.82, 2.24) is 14.8 Å². The number of nitrogens with zero attached hydrogens (tertiary/aromatic N) is 3. The van der Waals surface area contributed by atoms with Crippen LogP contribution in [0.1, 0.15) is 35.8 Å². The van der Waals surface area contributed by atoms with Gasteiger partial charge in [-0.2, -0.15) is 5.10 Å². The van der Waals surface area contributed by atoms with Gasteiger partial charge in [0, 0.05) is 6.20 Å². The number of nitrogen functional groups attached to an aromatic ring is 1. The van der Waals surface area contributed by atoms with E-state index in [1.54, 1.807) is 10.9 Å². The van der Waals surface area contributed by atoms with Crippen molar-refractivity contribution in [2.24, 2.45) is 5.73 Å². The normalized spacial score (nSPS) is 10.8. The zero-order chi connectivity index (χ0) is 13.3. The second-order valence-corrected chi connectivity index (χ2v) is 4.33. The first-order valence-electron chi connectivity index (χ1n) is 5.60. The molecule has 6 nitrogen and oxygen atoms in total. The van der Waals surface area contributed by atoms with Gasteiger partial charge in [0.2, 0.25) is 0 Å². The fraction of sp³-hybridized carbons (Fsp3) is 0.250. The molecule has 0 fully saturated rings. The van der Waals surface area contributed by atoms with Gasteiger partial charge in [0.1, 0.15) is 0 Å². The lowest BCUT2D eigenvalue weighted by Gasteiger charge is -2.05. The maximum atomic E-state index is 11.2. The number of carbonyl (C=O) groups is 1. The summed E-state index contributed by atoms with van der Waals surface area (Å²) in [7, 11) is 0. The number of amides is 1. The summed E-state index contributed by atoms with van der Waals surface area (Å²) >= 11 is 0. The Kier molecular flexibility index (Phi) is 3.01. The van der Waals surface area contributed by atoms with Gasteiger partial charge < -0.3 is 11.5 Å². The maximum absolute atomic E-state index is 11.2. The molecule has 94 valence electrons. The van der Waals surface area contributed by atoms with Crippen molar-refractivity contribution in [3.63, 3.8) is 0 Å². The standard InChI is InChI=1S/C12H15N5O/c1-7(2)10-3-4-17(16-10)11-5-8(12(14)18)9(13)6-15-11/h3-7H,13H2,1-2H3,(H2,14,18). The van der Waals surface area contributed by atoms with Crippen LogP contribution < -0.4 is 11.5 Å². The van der Waals surface area contributed by atoms with Gasteiger partial charge in [0.15, 0.2) is 5.82 Å². The summed E-state index contributed by atoms with van der Waals surface area (Å²) in [6.07, 6.45) is 3.20. The third-order valence-corrected chi connectivity index (χ3v) is 2.62. The molecule has 2 aromatic heterocycles. The lowest BCUT2D eigenvalue weighted by Crippen LogP contribution is -2.15. The van der Waals surface area contributed by atoms with E-state index in [0.29, 0.717) is 11.7 Å². The minimum absolute atomic E-state index is 0.251. The van der Waals surface area contributed by atoms with Crippen LogP contribution in [0.15, 0.2) is 24.5 Å². The Labute approximate surface area is 105 Å². The predicted molar refractivity (Wildman–Crippen MR) is 68.4 cm³/mol. The fourth-order valence-electron chi connectivity index (χ4n) is 1.57. The Bertz CT molecular complexity index is 588. The van der Waals surface area contributed by atoms with Gasteiger partial charge >= 0.3 is 0 Å². The van der Waals surface area contributed by atoms with Crippen LogP contribution >= 0.6 is 0 Å². The van der Waals surface area contributed by atoms with Crippen molar-refractivity contribution in [3.05, 3.63) is 35.8 Å². The van der Waals surface area contributed by atoms with Crippen LogP contribution in [0.3, 0.4) is 0 Å². The summed E-state index contributed by atoms with van der Waals surface area (Å²) in [4.78, 5) is 15.3. The van der Waals surface area contributed by atoms with E-state index in [2.05, 4.69) is 23.9 Å². The number of pyridine rings is 1. The highest BCUT2D eigenvalue weighted by atomic mass is 16.1. The van der Waals surface area contributed by atoms with E-state index < -0.39 is 5.91 Å². The molecule has 6 heteroatoms. The second kappa shape index (κ2) is 4.48. The average molecular weight is 245 g/mol. The van der Waals surface area contributed by atoms with Crippen LogP contribution in [0.2, 0.25) is 0 Å². The molecule has 0 radical (unpaired) electrons. The molecule has 0 spiro atoms. The van der Waals surface area contributed by atoms with Gasteiger partial charge in [0.25, 0.3) is 5.91 Å². The minimum Gasteiger partial charge on any atom is -0.397 e. The Balaban J connectivity index is 2.44. The molecule has 0 atom stereocenters. The summed E-state index contributed by atoms with van der Waals surface area (Å²) in [6, 6.07) is 3.45. The van der Waals surface area contributed by atoms with E-state index >= 15 is 0 Å². The summed E-state index contributed by atoms with van der Waals surface area (Å²) < 4.78 is 1.60. The summed E-state index contributed by atoms with van der Waals surface area (Å²) in [5, 5.41) is 4.37. The van der Waals surface area contributed by atoms with Crippen molar-refractivity contribution in [1.29, 1.82) is 0 Å². The quantitative estimate of drug-likeness (QED) is 0.844. The van der Waals surface area contributed by atoms with Gasteiger partial charge in [-0.1, -0.05) is 13.8 Å². The molecule has 2 aromatic rings. The fourth-order valence-corrected chi connectivity index (χ4v) is 1.57. The summed E-state index contributed by atoms with van der Waals surface area (Å²) in [6.45, 7) is 4.11. The SMILES string of the molecule is CC(C)c1ccn(-c2cc(C(N)=O)c(N)cn2)n1.